The molecular formula is C19H31NO. The molecule has 1 fully saturated rings. The van der Waals surface area contributed by atoms with Crippen LogP contribution in [0.2, 0.25) is 0 Å². The summed E-state index contributed by atoms with van der Waals surface area (Å²) in [5.74, 6) is 0.838. The number of aryl methyl sites for hydroxylation is 3. The average Bonchev–Trinajstić information content (AvgIpc) is 2.38. The Hall–Kier alpha value is -0.860. The third kappa shape index (κ3) is 4.31. The van der Waals surface area contributed by atoms with Gasteiger partial charge in [0.2, 0.25) is 0 Å². The maximum atomic E-state index is 5.67. The van der Waals surface area contributed by atoms with Crippen molar-refractivity contribution in [2.75, 3.05) is 13.7 Å². The van der Waals surface area contributed by atoms with E-state index in [1.54, 1.807) is 0 Å². The number of nitrogens with one attached hydrogen (secondary N) is 1. The number of ether oxygens (including phenoxy) is 1. The summed E-state index contributed by atoms with van der Waals surface area (Å²) in [6, 6.07) is 5.20. The molecule has 0 aliphatic heterocycles. The Balaban J connectivity index is 1.91. The second-order valence-electron chi connectivity index (χ2n) is 6.72. The monoisotopic (exact) mass is 289 g/mol. The summed E-state index contributed by atoms with van der Waals surface area (Å²) in [6.07, 6.45) is 5.44. The van der Waals surface area contributed by atoms with Crippen molar-refractivity contribution in [2.45, 2.75) is 65.5 Å². The molecule has 0 bridgehead atoms. The fourth-order valence-electron chi connectivity index (χ4n) is 3.72. The van der Waals surface area contributed by atoms with E-state index in [2.05, 4.69) is 52.2 Å². The third-order valence-corrected chi connectivity index (χ3v) is 4.91. The zero-order valence-electron chi connectivity index (χ0n) is 14.3. The van der Waals surface area contributed by atoms with Crippen LogP contribution in [0.4, 0.5) is 0 Å². The molecular weight excluding hydrogens is 258 g/mol. The van der Waals surface area contributed by atoms with E-state index in [1.165, 1.54) is 41.5 Å². The highest BCUT2D eigenvalue weighted by atomic mass is 16.5. The van der Waals surface area contributed by atoms with Gasteiger partial charge in [-0.2, -0.15) is 0 Å². The predicted octanol–water partition coefficient (Wildman–Crippen LogP) is 3.95. The lowest BCUT2D eigenvalue weighted by atomic mass is 9.77. The smallest absolute Gasteiger partial charge is 0.0580 e. The molecule has 0 amide bonds. The highest BCUT2D eigenvalue weighted by Gasteiger charge is 2.31. The normalized spacial score (nSPS) is 22.9. The molecule has 1 unspecified atom stereocenters. The second kappa shape index (κ2) is 7.42. The van der Waals surface area contributed by atoms with Crippen molar-refractivity contribution in [3.05, 3.63) is 34.4 Å². The first-order valence-electron chi connectivity index (χ1n) is 8.39. The average molecular weight is 289 g/mol. The van der Waals surface area contributed by atoms with Gasteiger partial charge in [-0.05, 0) is 83.0 Å². The molecule has 21 heavy (non-hydrogen) atoms. The van der Waals surface area contributed by atoms with Crippen LogP contribution in [0.25, 0.3) is 0 Å². The Morgan fingerprint density at radius 3 is 2.33 bits per heavy atom. The van der Waals surface area contributed by atoms with Crippen molar-refractivity contribution in [1.29, 1.82) is 0 Å². The Morgan fingerprint density at radius 2 is 1.81 bits per heavy atom. The standard InChI is InChI=1S/C19H31NO/c1-6-21-18-10-16(11-18)9-17(20-5)12-19-14(3)7-13(2)8-15(19)4/h7-8,16-18,20H,6,9-12H2,1-5H3. The molecule has 1 aliphatic rings. The van der Waals surface area contributed by atoms with E-state index in [4.69, 9.17) is 4.74 Å². The molecule has 0 aromatic heterocycles. The maximum absolute atomic E-state index is 5.67. The van der Waals surface area contributed by atoms with E-state index in [-0.39, 0.29) is 0 Å². The van der Waals surface area contributed by atoms with E-state index in [1.807, 2.05) is 0 Å². The molecule has 2 nitrogen and oxygen atoms in total. The van der Waals surface area contributed by atoms with Crippen LogP contribution in [-0.2, 0) is 11.2 Å². The van der Waals surface area contributed by atoms with Crippen molar-refractivity contribution in [1.82, 2.24) is 5.32 Å². The van der Waals surface area contributed by atoms with Gasteiger partial charge in [0.15, 0.2) is 0 Å². The van der Waals surface area contributed by atoms with Crippen molar-refractivity contribution in [3.63, 3.8) is 0 Å². The van der Waals surface area contributed by atoms with E-state index in [0.29, 0.717) is 12.1 Å². The van der Waals surface area contributed by atoms with Gasteiger partial charge in [-0.25, -0.2) is 0 Å². The fraction of sp³-hybridized carbons (Fsp3) is 0.684. The summed E-state index contributed by atoms with van der Waals surface area (Å²) in [7, 11) is 2.10. The SMILES string of the molecule is CCOC1CC(CC(Cc2c(C)cc(C)cc2C)NC)C1. The van der Waals surface area contributed by atoms with Crippen LogP contribution < -0.4 is 5.32 Å². The number of hydrogen-bond donors (Lipinski definition) is 1. The van der Waals surface area contributed by atoms with Crippen LogP contribution in [0.3, 0.4) is 0 Å². The Morgan fingerprint density at radius 1 is 1.19 bits per heavy atom. The van der Waals surface area contributed by atoms with Gasteiger partial charge in [0.25, 0.3) is 0 Å². The zero-order valence-corrected chi connectivity index (χ0v) is 14.3. The third-order valence-electron chi connectivity index (χ3n) is 4.91. The lowest BCUT2D eigenvalue weighted by Crippen LogP contribution is -2.38. The molecule has 1 N–H and O–H groups in total. The van der Waals surface area contributed by atoms with Crippen LogP contribution in [0.5, 0.6) is 0 Å². The minimum absolute atomic E-state index is 0.528. The summed E-state index contributed by atoms with van der Waals surface area (Å²) in [6.45, 7) is 9.62. The van der Waals surface area contributed by atoms with Gasteiger partial charge in [0.1, 0.15) is 0 Å². The summed E-state index contributed by atoms with van der Waals surface area (Å²) < 4.78 is 5.67. The van der Waals surface area contributed by atoms with Gasteiger partial charge in [-0.3, -0.25) is 0 Å². The molecule has 0 saturated heterocycles. The zero-order chi connectivity index (χ0) is 15.4. The van der Waals surface area contributed by atoms with Gasteiger partial charge >= 0.3 is 0 Å². The minimum atomic E-state index is 0.528. The molecule has 0 radical (unpaired) electrons. The number of benzene rings is 1. The van der Waals surface area contributed by atoms with Crippen LogP contribution in [-0.4, -0.2) is 25.8 Å². The van der Waals surface area contributed by atoms with E-state index in [0.717, 1.165) is 18.9 Å². The molecule has 1 aromatic carbocycles. The van der Waals surface area contributed by atoms with Gasteiger partial charge in [0.05, 0.1) is 6.10 Å². The fourth-order valence-corrected chi connectivity index (χ4v) is 3.72. The quantitative estimate of drug-likeness (QED) is 0.820. The molecule has 2 heteroatoms. The molecule has 0 spiro atoms. The van der Waals surface area contributed by atoms with Crippen LogP contribution in [0.1, 0.15) is 48.4 Å². The Bertz CT molecular complexity index is 440. The summed E-state index contributed by atoms with van der Waals surface area (Å²) in [5.41, 5.74) is 5.77. The van der Waals surface area contributed by atoms with E-state index in [9.17, 15) is 0 Å². The largest absolute Gasteiger partial charge is 0.378 e. The predicted molar refractivity (Wildman–Crippen MR) is 90.0 cm³/mol. The molecule has 1 aliphatic carbocycles. The molecule has 118 valence electrons. The van der Waals surface area contributed by atoms with E-state index < -0.39 is 0 Å². The van der Waals surface area contributed by atoms with Crippen LogP contribution >= 0.6 is 0 Å². The molecule has 1 saturated carbocycles. The molecule has 0 heterocycles. The highest BCUT2D eigenvalue weighted by Crippen LogP contribution is 2.34. The van der Waals surface area contributed by atoms with Crippen molar-refractivity contribution >= 4 is 0 Å². The van der Waals surface area contributed by atoms with Crippen molar-refractivity contribution < 1.29 is 4.74 Å². The summed E-state index contributed by atoms with van der Waals surface area (Å²) in [4.78, 5) is 0. The van der Waals surface area contributed by atoms with Crippen molar-refractivity contribution in [3.8, 4) is 0 Å². The first-order valence-corrected chi connectivity index (χ1v) is 8.39. The Labute approximate surface area is 130 Å². The van der Waals surface area contributed by atoms with Gasteiger partial charge in [-0.1, -0.05) is 17.7 Å². The summed E-state index contributed by atoms with van der Waals surface area (Å²) >= 11 is 0. The number of hydrogen-bond acceptors (Lipinski definition) is 2. The lowest BCUT2D eigenvalue weighted by molar-refractivity contribution is -0.0288. The van der Waals surface area contributed by atoms with Gasteiger partial charge in [-0.15, -0.1) is 0 Å². The Kier molecular flexibility index (Phi) is 5.83. The molecule has 2 rings (SSSR count). The number of rotatable bonds is 7. The van der Waals surface area contributed by atoms with Crippen molar-refractivity contribution in [2.24, 2.45) is 5.92 Å². The highest BCUT2D eigenvalue weighted by molar-refractivity contribution is 5.38. The van der Waals surface area contributed by atoms with Gasteiger partial charge < -0.3 is 10.1 Å². The maximum Gasteiger partial charge on any atom is 0.0580 e. The topological polar surface area (TPSA) is 21.3 Å². The molecule has 1 atom stereocenters. The lowest BCUT2D eigenvalue weighted by Gasteiger charge is -2.37. The van der Waals surface area contributed by atoms with Crippen LogP contribution in [0, 0.1) is 26.7 Å². The van der Waals surface area contributed by atoms with E-state index >= 15 is 0 Å². The second-order valence-corrected chi connectivity index (χ2v) is 6.72. The first-order chi connectivity index (χ1) is 10.0. The van der Waals surface area contributed by atoms with Gasteiger partial charge in [0, 0.05) is 12.6 Å². The van der Waals surface area contributed by atoms with Crippen LogP contribution in [0.15, 0.2) is 12.1 Å². The summed E-state index contributed by atoms with van der Waals surface area (Å²) in [5, 5.41) is 3.52. The minimum Gasteiger partial charge on any atom is -0.378 e. The number of likely N-dealkylation sites (N-methyl/N-ethyl adjacent to an activating group) is 1. The molecule has 1 aromatic rings. The first kappa shape index (κ1) is 16.5.